The molecule has 1 aliphatic heterocycles. The summed E-state index contributed by atoms with van der Waals surface area (Å²) in [4.78, 5) is 20.1. The van der Waals surface area contributed by atoms with E-state index >= 15 is 0 Å². The lowest BCUT2D eigenvalue weighted by molar-refractivity contribution is 0.113. The molecular weight excluding hydrogens is 396 g/mol. The summed E-state index contributed by atoms with van der Waals surface area (Å²) >= 11 is 5.70. The molecule has 2 heterocycles. The molecule has 2 N–H and O–H groups in total. The Balaban J connectivity index is 1.77. The maximum atomic E-state index is 12.8. The first-order chi connectivity index (χ1) is 14.3. The van der Waals surface area contributed by atoms with Gasteiger partial charge in [0.25, 0.3) is 5.56 Å². The van der Waals surface area contributed by atoms with Crippen LogP contribution in [0.5, 0.6) is 0 Å². The Morgan fingerprint density at radius 1 is 1.27 bits per heavy atom. The quantitative estimate of drug-likeness (QED) is 0.628. The zero-order valence-electron chi connectivity index (χ0n) is 18.6. The fourth-order valence-corrected chi connectivity index (χ4v) is 4.23. The molecule has 0 saturated carbocycles. The topological polar surface area (TPSA) is 60.6 Å². The van der Waals surface area contributed by atoms with Crippen LogP contribution in [0.4, 0.5) is 0 Å². The van der Waals surface area contributed by atoms with Crippen molar-refractivity contribution in [2.45, 2.75) is 45.8 Å². The van der Waals surface area contributed by atoms with Gasteiger partial charge in [0.1, 0.15) is 0 Å². The average molecular weight is 431 g/mol. The number of nitrogens with zero attached hydrogens (tertiary/aromatic N) is 2. The Morgan fingerprint density at radius 3 is 2.77 bits per heavy atom. The first kappa shape index (κ1) is 22.7. The van der Waals surface area contributed by atoms with Crippen LogP contribution in [-0.4, -0.2) is 66.3 Å². The van der Waals surface area contributed by atoms with Crippen molar-refractivity contribution in [3.8, 4) is 0 Å². The molecule has 3 rings (SSSR count). The fourth-order valence-electron chi connectivity index (χ4n) is 3.99. The number of aromatic amines is 1. The van der Waals surface area contributed by atoms with Gasteiger partial charge in [-0.05, 0) is 89.2 Å². The lowest BCUT2D eigenvalue weighted by Crippen LogP contribution is -2.43. The molecule has 0 radical (unpaired) electrons. The Bertz CT molecular complexity index is 935. The number of rotatable bonds is 8. The summed E-state index contributed by atoms with van der Waals surface area (Å²) in [5.74, 6) is 0. The number of nitrogens with one attached hydrogen (secondary N) is 2. The van der Waals surface area contributed by atoms with Crippen LogP contribution in [0.25, 0.3) is 10.9 Å². The Labute approximate surface area is 184 Å². The molecule has 164 valence electrons. The summed E-state index contributed by atoms with van der Waals surface area (Å²) in [5, 5.41) is 5.13. The number of H-pyrrole nitrogens is 1. The summed E-state index contributed by atoms with van der Waals surface area (Å²) < 4.78 is 5.70. The smallest absolute Gasteiger partial charge is 0.253 e. The molecule has 1 aliphatic rings. The van der Waals surface area contributed by atoms with Crippen LogP contribution in [0.1, 0.15) is 36.0 Å². The van der Waals surface area contributed by atoms with Crippen LogP contribution in [0.15, 0.2) is 23.0 Å². The monoisotopic (exact) mass is 430 g/mol. The molecule has 1 aromatic heterocycles. The number of thiocarbonyl (C=S) groups is 1. The molecule has 6 nitrogen and oxygen atoms in total. The van der Waals surface area contributed by atoms with Gasteiger partial charge in [0.2, 0.25) is 0 Å². The highest BCUT2D eigenvalue weighted by Gasteiger charge is 2.18. The lowest BCUT2D eigenvalue weighted by Gasteiger charge is -2.27. The van der Waals surface area contributed by atoms with Crippen molar-refractivity contribution in [3.05, 3.63) is 45.2 Å². The normalized spacial score (nSPS) is 16.4. The van der Waals surface area contributed by atoms with Crippen molar-refractivity contribution in [2.75, 3.05) is 40.3 Å². The summed E-state index contributed by atoms with van der Waals surface area (Å²) in [6.07, 6.45) is 3.37. The molecule has 1 atom stereocenters. The van der Waals surface area contributed by atoms with Crippen molar-refractivity contribution in [1.29, 1.82) is 0 Å². The molecule has 2 aromatic rings. The molecule has 1 fully saturated rings. The van der Waals surface area contributed by atoms with E-state index in [-0.39, 0.29) is 11.7 Å². The number of hydrogen-bond donors (Lipinski definition) is 2. The second kappa shape index (κ2) is 10.4. The number of hydrogen-bond acceptors (Lipinski definition) is 4. The third kappa shape index (κ3) is 6.03. The molecular formula is C23H34N4O2S. The third-order valence-electron chi connectivity index (χ3n) is 5.58. The van der Waals surface area contributed by atoms with E-state index in [0.29, 0.717) is 11.7 Å². The van der Waals surface area contributed by atoms with Crippen LogP contribution in [0.3, 0.4) is 0 Å². The number of ether oxygens (including phenoxy) is 1. The van der Waals surface area contributed by atoms with Crippen LogP contribution < -0.4 is 10.9 Å². The number of benzene rings is 1. The van der Waals surface area contributed by atoms with Gasteiger partial charge >= 0.3 is 0 Å². The molecule has 0 aliphatic carbocycles. The van der Waals surface area contributed by atoms with Gasteiger partial charge in [-0.3, -0.25) is 4.79 Å². The maximum Gasteiger partial charge on any atom is 0.253 e. The van der Waals surface area contributed by atoms with E-state index in [1.807, 2.05) is 19.1 Å². The lowest BCUT2D eigenvalue weighted by atomic mass is 10.0. The highest BCUT2D eigenvalue weighted by atomic mass is 32.1. The van der Waals surface area contributed by atoms with E-state index in [1.54, 1.807) is 0 Å². The van der Waals surface area contributed by atoms with Crippen molar-refractivity contribution < 1.29 is 4.74 Å². The molecule has 0 spiro atoms. The molecule has 0 amide bonds. The van der Waals surface area contributed by atoms with Gasteiger partial charge in [-0.25, -0.2) is 0 Å². The highest BCUT2D eigenvalue weighted by molar-refractivity contribution is 7.80. The fraction of sp³-hybridized carbons (Fsp3) is 0.565. The molecule has 1 aromatic carbocycles. The number of aryl methyl sites for hydroxylation is 2. The molecule has 1 saturated heterocycles. The van der Waals surface area contributed by atoms with Gasteiger partial charge in [0.05, 0.1) is 12.6 Å². The Morgan fingerprint density at radius 2 is 2.07 bits per heavy atom. The van der Waals surface area contributed by atoms with Gasteiger partial charge < -0.3 is 24.8 Å². The molecule has 30 heavy (non-hydrogen) atoms. The first-order valence-corrected chi connectivity index (χ1v) is 11.2. The molecule has 7 heteroatoms. The number of fused-ring (bicyclic) bond motifs is 1. The van der Waals surface area contributed by atoms with Crippen molar-refractivity contribution in [2.24, 2.45) is 0 Å². The first-order valence-electron chi connectivity index (χ1n) is 10.8. The van der Waals surface area contributed by atoms with Gasteiger partial charge in [0.15, 0.2) is 5.11 Å². The third-order valence-corrected chi connectivity index (χ3v) is 5.98. The minimum absolute atomic E-state index is 0.0490. The SMILES string of the molecule is Cc1cc(C)c2cc(CN(CCCN(C)C)C(=S)NC[C@@H]3CCCO3)c(=O)[nH]c2c1. The predicted molar refractivity (Wildman–Crippen MR) is 127 cm³/mol. The summed E-state index contributed by atoms with van der Waals surface area (Å²) in [5.41, 5.74) is 3.89. The number of pyridine rings is 1. The van der Waals surface area contributed by atoms with Gasteiger partial charge in [-0.15, -0.1) is 0 Å². The van der Waals surface area contributed by atoms with Crippen molar-refractivity contribution in [3.63, 3.8) is 0 Å². The van der Waals surface area contributed by atoms with Gasteiger partial charge in [-0.1, -0.05) is 6.07 Å². The summed E-state index contributed by atoms with van der Waals surface area (Å²) in [7, 11) is 4.13. The Hall–Kier alpha value is -1.96. The van der Waals surface area contributed by atoms with E-state index in [0.717, 1.165) is 67.5 Å². The maximum absolute atomic E-state index is 12.8. The van der Waals surface area contributed by atoms with Gasteiger partial charge in [-0.2, -0.15) is 0 Å². The van der Waals surface area contributed by atoms with E-state index in [1.165, 1.54) is 5.56 Å². The molecule has 0 bridgehead atoms. The number of aromatic nitrogens is 1. The van der Waals surface area contributed by atoms with Crippen molar-refractivity contribution in [1.82, 2.24) is 20.1 Å². The van der Waals surface area contributed by atoms with E-state index in [2.05, 4.69) is 47.2 Å². The van der Waals surface area contributed by atoms with E-state index in [4.69, 9.17) is 17.0 Å². The second-order valence-electron chi connectivity index (χ2n) is 8.57. The zero-order valence-corrected chi connectivity index (χ0v) is 19.4. The van der Waals surface area contributed by atoms with E-state index < -0.39 is 0 Å². The van der Waals surface area contributed by atoms with Gasteiger partial charge in [0, 0.05) is 36.2 Å². The molecule has 0 unspecified atom stereocenters. The summed E-state index contributed by atoms with van der Waals surface area (Å²) in [6, 6.07) is 6.19. The largest absolute Gasteiger partial charge is 0.376 e. The second-order valence-corrected chi connectivity index (χ2v) is 8.95. The minimum atomic E-state index is -0.0490. The average Bonchev–Trinajstić information content (AvgIpc) is 3.19. The zero-order chi connectivity index (χ0) is 21.7. The van der Waals surface area contributed by atoms with Crippen LogP contribution >= 0.6 is 12.2 Å². The highest BCUT2D eigenvalue weighted by Crippen LogP contribution is 2.19. The van der Waals surface area contributed by atoms with Crippen LogP contribution in [0, 0.1) is 13.8 Å². The van der Waals surface area contributed by atoms with Crippen molar-refractivity contribution >= 4 is 28.2 Å². The minimum Gasteiger partial charge on any atom is -0.376 e. The van der Waals surface area contributed by atoms with Crippen LogP contribution in [-0.2, 0) is 11.3 Å². The Kier molecular flexibility index (Phi) is 7.86. The predicted octanol–water partition coefficient (Wildman–Crippen LogP) is 2.95. The van der Waals surface area contributed by atoms with E-state index in [9.17, 15) is 4.79 Å². The summed E-state index contributed by atoms with van der Waals surface area (Å²) in [6.45, 7) is 7.93. The standard InChI is InChI=1S/C23H34N4O2S/c1-16-11-17(2)20-13-18(22(28)25-21(20)12-16)15-27(9-6-8-26(3)4)23(30)24-14-19-7-5-10-29-19/h11-13,19H,5-10,14-15H2,1-4H3,(H,24,30)(H,25,28)/t19-/m0/s1. The van der Waals surface area contributed by atoms with Crippen LogP contribution in [0.2, 0.25) is 0 Å².